The Morgan fingerprint density at radius 2 is 1.10 bits per heavy atom. The lowest BCUT2D eigenvalue weighted by atomic mass is 10.1. The molecule has 0 aliphatic carbocycles. The molecule has 0 aromatic carbocycles. The molecule has 0 rings (SSSR count). The summed E-state index contributed by atoms with van der Waals surface area (Å²) in [4.78, 5) is 19.2. The van der Waals surface area contributed by atoms with Crippen LogP contribution in [0.4, 0.5) is 0 Å². The summed E-state index contributed by atoms with van der Waals surface area (Å²) in [6, 6.07) is 0. The maximum absolute atomic E-state index is 11.8. The number of allylic oxidation sites excluding steroid dienone is 4. The van der Waals surface area contributed by atoms with E-state index < -0.39 is 12.9 Å². The van der Waals surface area contributed by atoms with Gasteiger partial charge in [-0.1, -0.05) is 63.3 Å². The van der Waals surface area contributed by atoms with Crippen molar-refractivity contribution < 1.29 is 23.9 Å². The van der Waals surface area contributed by atoms with Crippen LogP contribution in [0.1, 0.15) is 103 Å². The fourth-order valence-electron chi connectivity index (χ4n) is 3.79. The quantitative estimate of drug-likeness (QED) is 0.0834. The molecule has 1 unspecified atom stereocenters. The van der Waals surface area contributed by atoms with Crippen LogP contribution in [0.2, 0.25) is 0 Å². The Morgan fingerprint density at radius 1 is 0.710 bits per heavy atom. The fourth-order valence-corrected chi connectivity index (χ4v) is 4.84. The zero-order chi connectivity index (χ0) is 23.6. The van der Waals surface area contributed by atoms with E-state index in [9.17, 15) is 19.5 Å². The third-order valence-corrected chi connectivity index (χ3v) is 6.97. The van der Waals surface area contributed by atoms with Gasteiger partial charge in [-0.05, 0) is 64.2 Å². The van der Waals surface area contributed by atoms with Gasteiger partial charge in [0.2, 0.25) is 5.34 Å². The monoisotopic (exact) mass is 460 g/mol. The molecule has 0 aromatic rings. The lowest BCUT2D eigenvalue weighted by Crippen LogP contribution is -2.49. The minimum atomic E-state index is -4.55. The van der Waals surface area contributed by atoms with Gasteiger partial charge in [0.1, 0.15) is 6.54 Å². The summed E-state index contributed by atoms with van der Waals surface area (Å²) < 4.78 is 12.1. The predicted octanol–water partition coefficient (Wildman–Crippen LogP) is 6.54. The number of unbranched alkanes of at least 4 members (excludes halogenated alkanes) is 11. The largest absolute Gasteiger partial charge is 0.373 e. The van der Waals surface area contributed by atoms with Gasteiger partial charge >= 0.3 is 7.60 Å². The Bertz CT molecular complexity index is 536. The van der Waals surface area contributed by atoms with E-state index in [-0.39, 0.29) is 13.0 Å². The molecular weight excluding hydrogens is 409 g/mol. The van der Waals surface area contributed by atoms with Crippen LogP contribution >= 0.6 is 7.60 Å². The van der Waals surface area contributed by atoms with E-state index in [0.717, 1.165) is 32.1 Å². The number of likely N-dealkylation sites (N-methyl/N-ethyl adjacent to an activating group) is 1. The van der Waals surface area contributed by atoms with Crippen molar-refractivity contribution in [2.45, 2.75) is 109 Å². The summed E-state index contributed by atoms with van der Waals surface area (Å²) in [5.74, 6) is 0. The Balaban J connectivity index is 3.72. The van der Waals surface area contributed by atoms with Crippen molar-refractivity contribution >= 4 is 7.60 Å². The standard InChI is InChI=1S/C25H50NO4P/c1-5-6-7-8-9-10-11-12-13-14-15-16-17-18-19-20-21-22-23-25(27,31(28,29)30)24-26(2,3)4/h10-11,16-17,27H,5-9,12-15,18-24H2,1-4H3,(H-,28,29,30)/p+1/b11-10-,17-16-. The second-order valence-corrected chi connectivity index (χ2v) is 11.9. The van der Waals surface area contributed by atoms with Crippen molar-refractivity contribution in [1.82, 2.24) is 0 Å². The first-order valence-electron chi connectivity index (χ1n) is 12.4. The summed E-state index contributed by atoms with van der Waals surface area (Å²) in [5, 5.41) is 8.60. The third kappa shape index (κ3) is 17.7. The Morgan fingerprint density at radius 3 is 1.48 bits per heavy atom. The predicted molar refractivity (Wildman–Crippen MR) is 133 cm³/mol. The van der Waals surface area contributed by atoms with Crippen molar-refractivity contribution in [2.75, 3.05) is 27.7 Å². The molecule has 0 bridgehead atoms. The molecule has 0 amide bonds. The summed E-state index contributed by atoms with van der Waals surface area (Å²) in [6.45, 7) is 2.30. The van der Waals surface area contributed by atoms with Crippen molar-refractivity contribution in [1.29, 1.82) is 0 Å². The van der Waals surface area contributed by atoms with Crippen molar-refractivity contribution in [3.8, 4) is 0 Å². The molecular formula is C25H51NO4P+. The first kappa shape index (κ1) is 30.6. The molecule has 0 radical (unpaired) electrons. The molecule has 0 spiro atoms. The molecule has 0 heterocycles. The number of rotatable bonds is 20. The highest BCUT2D eigenvalue weighted by molar-refractivity contribution is 7.53. The van der Waals surface area contributed by atoms with Crippen LogP contribution in [0.3, 0.4) is 0 Å². The lowest BCUT2D eigenvalue weighted by molar-refractivity contribution is -0.875. The number of aliphatic hydroxyl groups is 1. The molecule has 6 heteroatoms. The highest BCUT2D eigenvalue weighted by atomic mass is 31.2. The number of hydrogen-bond acceptors (Lipinski definition) is 2. The Labute approximate surface area is 192 Å². The second-order valence-electron chi connectivity index (χ2n) is 10.0. The molecule has 0 saturated carbocycles. The second kappa shape index (κ2) is 17.1. The smallest absolute Gasteiger partial charge is 0.362 e. The van der Waals surface area contributed by atoms with Crippen LogP contribution in [-0.2, 0) is 4.57 Å². The molecule has 0 saturated heterocycles. The molecule has 0 aliphatic rings. The van der Waals surface area contributed by atoms with Gasteiger partial charge in [-0.25, -0.2) is 0 Å². The average Bonchev–Trinajstić information content (AvgIpc) is 2.65. The van der Waals surface area contributed by atoms with Crippen LogP contribution in [0.15, 0.2) is 24.3 Å². The van der Waals surface area contributed by atoms with Gasteiger partial charge in [0.25, 0.3) is 0 Å². The van der Waals surface area contributed by atoms with E-state index in [0.29, 0.717) is 10.9 Å². The highest BCUT2D eigenvalue weighted by Gasteiger charge is 2.48. The number of quaternary nitrogens is 1. The van der Waals surface area contributed by atoms with Gasteiger partial charge in [-0.15, -0.1) is 0 Å². The van der Waals surface area contributed by atoms with Crippen LogP contribution < -0.4 is 0 Å². The molecule has 0 aliphatic heterocycles. The molecule has 1 atom stereocenters. The van der Waals surface area contributed by atoms with Crippen molar-refractivity contribution in [3.05, 3.63) is 24.3 Å². The van der Waals surface area contributed by atoms with Gasteiger partial charge in [-0.2, -0.15) is 0 Å². The molecule has 0 aromatic heterocycles. The van der Waals surface area contributed by atoms with Gasteiger partial charge in [0.05, 0.1) is 21.1 Å². The number of nitrogens with zero attached hydrogens (tertiary/aromatic N) is 1. The number of hydrogen-bond donors (Lipinski definition) is 3. The third-order valence-electron chi connectivity index (χ3n) is 5.52. The fraction of sp³-hybridized carbons (Fsp3) is 0.840. The van der Waals surface area contributed by atoms with E-state index in [1.807, 2.05) is 21.1 Å². The van der Waals surface area contributed by atoms with Gasteiger partial charge in [0.15, 0.2) is 0 Å². The van der Waals surface area contributed by atoms with Gasteiger partial charge in [-0.3, -0.25) is 4.57 Å². The highest BCUT2D eigenvalue weighted by Crippen LogP contribution is 2.52. The maximum Gasteiger partial charge on any atom is 0.362 e. The van der Waals surface area contributed by atoms with E-state index in [1.54, 1.807) is 0 Å². The summed E-state index contributed by atoms with van der Waals surface area (Å²) >= 11 is 0. The zero-order valence-corrected chi connectivity index (χ0v) is 21.7. The maximum atomic E-state index is 11.8. The minimum absolute atomic E-state index is 0.0504. The summed E-state index contributed by atoms with van der Waals surface area (Å²) in [5.41, 5.74) is 0. The van der Waals surface area contributed by atoms with E-state index >= 15 is 0 Å². The molecule has 0 fully saturated rings. The van der Waals surface area contributed by atoms with Crippen molar-refractivity contribution in [3.63, 3.8) is 0 Å². The van der Waals surface area contributed by atoms with Crippen LogP contribution in [-0.4, -0.2) is 52.4 Å². The minimum Gasteiger partial charge on any atom is -0.373 e. The molecule has 3 N–H and O–H groups in total. The zero-order valence-electron chi connectivity index (χ0n) is 20.8. The summed E-state index contributed by atoms with van der Waals surface area (Å²) in [6.07, 6.45) is 25.5. The van der Waals surface area contributed by atoms with E-state index in [1.165, 1.54) is 51.4 Å². The molecule has 184 valence electrons. The molecule has 5 nitrogen and oxygen atoms in total. The van der Waals surface area contributed by atoms with E-state index in [4.69, 9.17) is 0 Å². The SMILES string of the molecule is CCCCCC/C=C\CCCC/C=C\CCCCCCC(O)(C[N+](C)(C)C)P(=O)(O)O. The Hall–Kier alpha value is -0.450. The average molecular weight is 461 g/mol. The van der Waals surface area contributed by atoms with Crippen molar-refractivity contribution in [2.24, 2.45) is 0 Å². The first-order chi connectivity index (χ1) is 14.5. The Kier molecular flexibility index (Phi) is 16.8. The van der Waals surface area contributed by atoms with Gasteiger partial charge < -0.3 is 19.4 Å². The van der Waals surface area contributed by atoms with Gasteiger partial charge in [0, 0.05) is 0 Å². The van der Waals surface area contributed by atoms with Crippen LogP contribution in [0, 0.1) is 0 Å². The van der Waals surface area contributed by atoms with E-state index in [2.05, 4.69) is 31.2 Å². The van der Waals surface area contributed by atoms with Crippen LogP contribution in [0.5, 0.6) is 0 Å². The first-order valence-corrected chi connectivity index (χ1v) is 14.0. The van der Waals surface area contributed by atoms with Crippen LogP contribution in [0.25, 0.3) is 0 Å². The topological polar surface area (TPSA) is 77.8 Å². The molecule has 31 heavy (non-hydrogen) atoms. The lowest BCUT2D eigenvalue weighted by Gasteiger charge is -2.35. The summed E-state index contributed by atoms with van der Waals surface area (Å²) in [7, 11) is 0.946. The normalized spacial score (nSPS) is 15.2.